The third-order valence-electron chi connectivity index (χ3n) is 3.20. The Labute approximate surface area is 131 Å². The van der Waals surface area contributed by atoms with Gasteiger partial charge in [-0.15, -0.1) is 5.10 Å². The highest BCUT2D eigenvalue weighted by molar-refractivity contribution is 9.10. The normalized spacial score (nSPS) is 14.0. The molecule has 0 bridgehead atoms. The third kappa shape index (κ3) is 3.92. The van der Waals surface area contributed by atoms with Crippen molar-refractivity contribution in [1.29, 1.82) is 0 Å². The van der Waals surface area contributed by atoms with Gasteiger partial charge in [-0.2, -0.15) is 5.10 Å². The Kier molecular flexibility index (Phi) is 4.36. The Morgan fingerprint density at radius 1 is 1.24 bits per heavy atom. The quantitative estimate of drug-likeness (QED) is 0.866. The van der Waals surface area contributed by atoms with Crippen LogP contribution < -0.4 is 14.8 Å². The summed E-state index contributed by atoms with van der Waals surface area (Å²) in [6.45, 7) is 0.754. The van der Waals surface area contributed by atoms with Crippen LogP contribution in [0.4, 0.5) is 0 Å². The van der Waals surface area contributed by atoms with Gasteiger partial charge in [0.2, 0.25) is 5.88 Å². The second kappa shape index (κ2) is 6.41. The first-order valence-corrected chi connectivity index (χ1v) is 7.61. The summed E-state index contributed by atoms with van der Waals surface area (Å²) >= 11 is 3.44. The van der Waals surface area contributed by atoms with Crippen molar-refractivity contribution < 1.29 is 9.47 Å². The minimum atomic E-state index is 0.469. The van der Waals surface area contributed by atoms with E-state index in [9.17, 15) is 0 Å². The molecule has 21 heavy (non-hydrogen) atoms. The predicted molar refractivity (Wildman–Crippen MR) is 82.7 cm³/mol. The number of hydrogen-bond donors (Lipinski definition) is 1. The zero-order chi connectivity index (χ0) is 14.7. The van der Waals surface area contributed by atoms with Gasteiger partial charge in [-0.1, -0.05) is 0 Å². The van der Waals surface area contributed by atoms with Crippen molar-refractivity contribution in [2.24, 2.45) is 0 Å². The zero-order valence-electron chi connectivity index (χ0n) is 11.7. The topological polar surface area (TPSA) is 56.3 Å². The largest absolute Gasteiger partial charge is 0.497 e. The van der Waals surface area contributed by atoms with E-state index in [1.165, 1.54) is 12.8 Å². The molecule has 0 atom stereocenters. The third-order valence-corrected chi connectivity index (χ3v) is 3.82. The number of benzene rings is 1. The molecule has 110 valence electrons. The van der Waals surface area contributed by atoms with Gasteiger partial charge in [0.05, 0.1) is 17.3 Å². The van der Waals surface area contributed by atoms with Crippen molar-refractivity contribution in [2.45, 2.75) is 25.4 Å². The standard InChI is InChI=1S/C15H16BrN3O2/c1-20-12-5-6-14(13(16)8-12)21-15-7-4-11(18-19-15)9-17-10-2-3-10/h4-8,10,17H,2-3,9H2,1H3. The number of methoxy groups -OCH3 is 1. The summed E-state index contributed by atoms with van der Waals surface area (Å²) in [5, 5.41) is 11.7. The Hall–Kier alpha value is -1.66. The second-order valence-corrected chi connectivity index (χ2v) is 5.77. The van der Waals surface area contributed by atoms with Crippen molar-refractivity contribution in [3.05, 3.63) is 40.5 Å². The van der Waals surface area contributed by atoms with Crippen molar-refractivity contribution in [3.63, 3.8) is 0 Å². The molecule has 5 nitrogen and oxygen atoms in total. The van der Waals surface area contributed by atoms with Gasteiger partial charge in [0.15, 0.2) is 0 Å². The molecule has 0 aliphatic heterocycles. The molecule has 0 radical (unpaired) electrons. The summed E-state index contributed by atoms with van der Waals surface area (Å²) in [7, 11) is 1.63. The average molecular weight is 350 g/mol. The lowest BCUT2D eigenvalue weighted by Crippen LogP contribution is -2.16. The van der Waals surface area contributed by atoms with Crippen LogP contribution in [0.25, 0.3) is 0 Å². The van der Waals surface area contributed by atoms with Crippen LogP contribution in [0.15, 0.2) is 34.8 Å². The van der Waals surface area contributed by atoms with Crippen LogP contribution in [0.5, 0.6) is 17.4 Å². The van der Waals surface area contributed by atoms with Gasteiger partial charge in [0, 0.05) is 18.7 Å². The van der Waals surface area contributed by atoms with Crippen LogP contribution >= 0.6 is 15.9 Å². The lowest BCUT2D eigenvalue weighted by atomic mass is 10.3. The summed E-state index contributed by atoms with van der Waals surface area (Å²) in [4.78, 5) is 0. The Balaban J connectivity index is 1.63. The van der Waals surface area contributed by atoms with E-state index in [0.29, 0.717) is 17.7 Å². The summed E-state index contributed by atoms with van der Waals surface area (Å²) in [5.74, 6) is 1.91. The maximum atomic E-state index is 5.71. The van der Waals surface area contributed by atoms with Gasteiger partial charge in [-0.25, -0.2) is 0 Å². The fourth-order valence-corrected chi connectivity index (χ4v) is 2.28. The molecule has 1 aromatic heterocycles. The van der Waals surface area contributed by atoms with E-state index in [-0.39, 0.29) is 0 Å². The van der Waals surface area contributed by atoms with Crippen LogP contribution in [0.3, 0.4) is 0 Å². The molecule has 1 aliphatic carbocycles. The number of halogens is 1. The highest BCUT2D eigenvalue weighted by atomic mass is 79.9. The van der Waals surface area contributed by atoms with E-state index in [2.05, 4.69) is 31.4 Å². The summed E-state index contributed by atoms with van der Waals surface area (Å²) in [6.07, 6.45) is 2.53. The van der Waals surface area contributed by atoms with E-state index in [4.69, 9.17) is 9.47 Å². The average Bonchev–Trinajstić information content (AvgIpc) is 3.33. The molecule has 1 N–H and O–H groups in total. The first-order valence-electron chi connectivity index (χ1n) is 6.82. The molecule has 0 amide bonds. The SMILES string of the molecule is COc1ccc(Oc2ccc(CNC3CC3)nn2)c(Br)c1. The van der Waals surface area contributed by atoms with Crippen molar-refractivity contribution in [3.8, 4) is 17.4 Å². The highest BCUT2D eigenvalue weighted by Crippen LogP contribution is 2.31. The van der Waals surface area contributed by atoms with E-state index >= 15 is 0 Å². The minimum Gasteiger partial charge on any atom is -0.497 e. The number of nitrogens with zero attached hydrogens (tertiary/aromatic N) is 2. The maximum Gasteiger partial charge on any atom is 0.238 e. The molecular formula is C15H16BrN3O2. The van der Waals surface area contributed by atoms with E-state index in [0.717, 1.165) is 22.5 Å². The number of ether oxygens (including phenoxy) is 2. The van der Waals surface area contributed by atoms with Crippen molar-refractivity contribution in [2.75, 3.05) is 7.11 Å². The molecule has 1 heterocycles. The van der Waals surface area contributed by atoms with Crippen LogP contribution in [0, 0.1) is 0 Å². The Morgan fingerprint density at radius 2 is 2.10 bits per heavy atom. The first kappa shape index (κ1) is 14.3. The van der Waals surface area contributed by atoms with Crippen LogP contribution in [0.1, 0.15) is 18.5 Å². The number of nitrogens with one attached hydrogen (secondary N) is 1. The lowest BCUT2D eigenvalue weighted by Gasteiger charge is -2.08. The summed E-state index contributed by atoms with van der Waals surface area (Å²) in [6, 6.07) is 9.92. The molecule has 0 spiro atoms. The molecule has 0 unspecified atom stereocenters. The van der Waals surface area contributed by atoms with E-state index in [1.54, 1.807) is 7.11 Å². The van der Waals surface area contributed by atoms with Crippen LogP contribution in [-0.4, -0.2) is 23.3 Å². The maximum absolute atomic E-state index is 5.71. The summed E-state index contributed by atoms with van der Waals surface area (Å²) < 4.78 is 11.7. The lowest BCUT2D eigenvalue weighted by molar-refractivity contribution is 0.410. The molecule has 1 saturated carbocycles. The number of rotatable bonds is 6. The fraction of sp³-hybridized carbons (Fsp3) is 0.333. The van der Waals surface area contributed by atoms with Gasteiger partial charge in [0.1, 0.15) is 11.5 Å². The summed E-state index contributed by atoms with van der Waals surface area (Å²) in [5.41, 5.74) is 0.919. The van der Waals surface area contributed by atoms with Gasteiger partial charge >= 0.3 is 0 Å². The first-order chi connectivity index (χ1) is 10.2. The molecule has 3 rings (SSSR count). The molecule has 2 aromatic rings. The van der Waals surface area contributed by atoms with Crippen molar-refractivity contribution in [1.82, 2.24) is 15.5 Å². The second-order valence-electron chi connectivity index (χ2n) is 4.92. The van der Waals surface area contributed by atoms with Gasteiger partial charge in [-0.05, 0) is 53.0 Å². The Morgan fingerprint density at radius 3 is 2.71 bits per heavy atom. The van der Waals surface area contributed by atoms with Crippen LogP contribution in [0.2, 0.25) is 0 Å². The molecule has 0 saturated heterocycles. The van der Waals surface area contributed by atoms with Gasteiger partial charge in [0.25, 0.3) is 0 Å². The van der Waals surface area contributed by atoms with Gasteiger partial charge < -0.3 is 14.8 Å². The smallest absolute Gasteiger partial charge is 0.238 e. The van der Waals surface area contributed by atoms with E-state index in [1.807, 2.05) is 30.3 Å². The highest BCUT2D eigenvalue weighted by Gasteiger charge is 2.20. The molecule has 1 aromatic carbocycles. The monoisotopic (exact) mass is 349 g/mol. The predicted octanol–water partition coefficient (Wildman–Crippen LogP) is 3.29. The number of aromatic nitrogens is 2. The molecule has 1 aliphatic rings. The van der Waals surface area contributed by atoms with Gasteiger partial charge in [-0.3, -0.25) is 0 Å². The van der Waals surface area contributed by atoms with Crippen LogP contribution in [-0.2, 0) is 6.54 Å². The molecule has 6 heteroatoms. The Bertz CT molecular complexity index is 615. The minimum absolute atomic E-state index is 0.469. The van der Waals surface area contributed by atoms with E-state index < -0.39 is 0 Å². The van der Waals surface area contributed by atoms with Crippen molar-refractivity contribution >= 4 is 15.9 Å². The molecular weight excluding hydrogens is 334 g/mol. The number of hydrogen-bond acceptors (Lipinski definition) is 5. The fourth-order valence-electron chi connectivity index (χ4n) is 1.84. The zero-order valence-corrected chi connectivity index (χ0v) is 13.3. The molecule has 1 fully saturated rings.